The fourth-order valence-electron chi connectivity index (χ4n) is 1.03. The number of pyridine rings is 1. The fourth-order valence-corrected chi connectivity index (χ4v) is 1.37. The van der Waals surface area contributed by atoms with Gasteiger partial charge in [0.15, 0.2) is 0 Å². The van der Waals surface area contributed by atoms with E-state index in [0.29, 0.717) is 0 Å². The Hall–Kier alpha value is -1.66. The van der Waals surface area contributed by atoms with Crippen molar-refractivity contribution < 1.29 is 4.79 Å². The third-order valence-corrected chi connectivity index (χ3v) is 2.22. The maximum Gasteiger partial charge on any atom is 0.259 e. The van der Waals surface area contributed by atoms with E-state index in [0.717, 1.165) is 0 Å². The average molecular weight is 258 g/mol. The molecule has 2 aromatic heterocycles. The molecule has 0 saturated heterocycles. The van der Waals surface area contributed by atoms with Gasteiger partial charge in [-0.05, 0) is 6.07 Å². The summed E-state index contributed by atoms with van der Waals surface area (Å²) in [6.45, 7) is 0. The molecule has 0 aliphatic carbocycles. The van der Waals surface area contributed by atoms with E-state index in [9.17, 15) is 4.79 Å². The van der Waals surface area contributed by atoms with Crippen molar-refractivity contribution in [3.63, 3.8) is 0 Å². The van der Waals surface area contributed by atoms with Crippen LogP contribution >= 0.6 is 23.2 Å². The normalized spacial score (nSPS) is 10.1. The smallest absolute Gasteiger partial charge is 0.259 e. The summed E-state index contributed by atoms with van der Waals surface area (Å²) in [6, 6.07) is 1.37. The van der Waals surface area contributed by atoms with Gasteiger partial charge in [-0.15, -0.1) is 0 Å². The highest BCUT2D eigenvalue weighted by Gasteiger charge is 2.12. The number of aromatic amines is 1. The van der Waals surface area contributed by atoms with Gasteiger partial charge in [0.2, 0.25) is 5.95 Å². The van der Waals surface area contributed by atoms with Gasteiger partial charge in [0.25, 0.3) is 5.91 Å². The lowest BCUT2D eigenvalue weighted by atomic mass is 10.2. The van der Waals surface area contributed by atoms with Crippen molar-refractivity contribution in [1.29, 1.82) is 0 Å². The van der Waals surface area contributed by atoms with Crippen LogP contribution in [0.2, 0.25) is 10.2 Å². The molecule has 0 aromatic carbocycles. The number of nitrogens with one attached hydrogen (secondary N) is 2. The zero-order valence-corrected chi connectivity index (χ0v) is 9.25. The number of halogens is 2. The third-order valence-electron chi connectivity index (χ3n) is 1.71. The maximum absolute atomic E-state index is 11.7. The van der Waals surface area contributed by atoms with Gasteiger partial charge in [0, 0.05) is 6.20 Å². The number of hydrogen-bond acceptors (Lipinski definition) is 4. The Labute approximate surface area is 100 Å². The van der Waals surface area contributed by atoms with E-state index in [4.69, 9.17) is 23.2 Å². The molecule has 0 fully saturated rings. The minimum atomic E-state index is -0.439. The maximum atomic E-state index is 11.7. The second kappa shape index (κ2) is 4.46. The average Bonchev–Trinajstić information content (AvgIpc) is 2.74. The summed E-state index contributed by atoms with van der Waals surface area (Å²) in [4.78, 5) is 19.2. The molecule has 8 heteroatoms. The molecule has 2 aromatic rings. The minimum Gasteiger partial charge on any atom is -0.291 e. The Morgan fingerprint density at radius 3 is 2.88 bits per heavy atom. The molecule has 2 N–H and O–H groups in total. The number of hydrogen-bond donors (Lipinski definition) is 2. The van der Waals surface area contributed by atoms with Crippen LogP contribution in [0.15, 0.2) is 18.6 Å². The quantitative estimate of drug-likeness (QED) is 0.804. The standard InChI is InChI=1S/C8H5Cl2N5O/c9-5-2-11-6(10)1-4(5)7(16)14-8-12-3-13-15-8/h1-3H,(H2,12,13,14,15,16). The number of carbonyl (C=O) groups excluding carboxylic acids is 1. The molecular formula is C8H5Cl2N5O. The summed E-state index contributed by atoms with van der Waals surface area (Å²) in [6.07, 6.45) is 2.58. The molecule has 0 saturated carbocycles. The van der Waals surface area contributed by atoms with Crippen molar-refractivity contribution in [2.45, 2.75) is 0 Å². The molecule has 0 spiro atoms. The Kier molecular flexibility index (Phi) is 3.02. The number of aromatic nitrogens is 4. The third kappa shape index (κ3) is 2.29. The first-order chi connectivity index (χ1) is 7.66. The molecule has 0 aliphatic heterocycles. The van der Waals surface area contributed by atoms with E-state index in [2.05, 4.69) is 25.5 Å². The van der Waals surface area contributed by atoms with Crippen LogP contribution in [0, 0.1) is 0 Å². The van der Waals surface area contributed by atoms with Crippen molar-refractivity contribution in [3.05, 3.63) is 34.3 Å². The van der Waals surface area contributed by atoms with E-state index >= 15 is 0 Å². The van der Waals surface area contributed by atoms with Crippen LogP contribution in [0.4, 0.5) is 5.95 Å². The summed E-state index contributed by atoms with van der Waals surface area (Å²) in [5, 5.41) is 8.94. The van der Waals surface area contributed by atoms with Gasteiger partial charge >= 0.3 is 0 Å². The number of rotatable bonds is 2. The predicted molar refractivity (Wildman–Crippen MR) is 58.6 cm³/mol. The van der Waals surface area contributed by atoms with Crippen LogP contribution in [0.25, 0.3) is 0 Å². The molecule has 0 atom stereocenters. The van der Waals surface area contributed by atoms with E-state index in [1.807, 2.05) is 0 Å². The van der Waals surface area contributed by atoms with Crippen LogP contribution in [-0.2, 0) is 0 Å². The van der Waals surface area contributed by atoms with Gasteiger partial charge < -0.3 is 0 Å². The molecule has 0 radical (unpaired) electrons. The number of carbonyl (C=O) groups is 1. The number of H-pyrrole nitrogens is 1. The monoisotopic (exact) mass is 257 g/mol. The van der Waals surface area contributed by atoms with Gasteiger partial charge in [-0.3, -0.25) is 10.1 Å². The SMILES string of the molecule is O=C(Nc1ncn[nH]1)c1cc(Cl)ncc1Cl. The number of amides is 1. The first kappa shape index (κ1) is 10.8. The lowest BCUT2D eigenvalue weighted by Gasteiger charge is -2.03. The highest BCUT2D eigenvalue weighted by Crippen LogP contribution is 2.18. The summed E-state index contributed by atoms with van der Waals surface area (Å²) in [7, 11) is 0. The van der Waals surface area contributed by atoms with Crippen molar-refractivity contribution in [3.8, 4) is 0 Å². The van der Waals surface area contributed by atoms with Crippen LogP contribution in [0.5, 0.6) is 0 Å². The number of anilines is 1. The summed E-state index contributed by atoms with van der Waals surface area (Å²) >= 11 is 11.5. The topological polar surface area (TPSA) is 83.6 Å². The second-order valence-electron chi connectivity index (χ2n) is 2.78. The number of nitrogens with zero attached hydrogens (tertiary/aromatic N) is 3. The van der Waals surface area contributed by atoms with Crippen molar-refractivity contribution in [1.82, 2.24) is 20.2 Å². The van der Waals surface area contributed by atoms with E-state index in [1.54, 1.807) is 0 Å². The van der Waals surface area contributed by atoms with Crippen LogP contribution < -0.4 is 5.32 Å². The Bertz CT molecular complexity index is 513. The lowest BCUT2D eigenvalue weighted by Crippen LogP contribution is -2.13. The molecule has 0 unspecified atom stereocenters. The van der Waals surface area contributed by atoms with E-state index in [-0.39, 0.29) is 21.7 Å². The van der Waals surface area contributed by atoms with Gasteiger partial charge in [-0.1, -0.05) is 23.2 Å². The molecule has 6 nitrogen and oxygen atoms in total. The van der Waals surface area contributed by atoms with Crippen molar-refractivity contribution in [2.75, 3.05) is 5.32 Å². The highest BCUT2D eigenvalue weighted by atomic mass is 35.5. The molecular weight excluding hydrogens is 253 g/mol. The molecule has 1 amide bonds. The molecule has 2 rings (SSSR count). The Morgan fingerprint density at radius 2 is 2.19 bits per heavy atom. The molecule has 16 heavy (non-hydrogen) atoms. The van der Waals surface area contributed by atoms with Crippen LogP contribution in [0.1, 0.15) is 10.4 Å². The summed E-state index contributed by atoms with van der Waals surface area (Å²) in [5.41, 5.74) is 0.220. The first-order valence-corrected chi connectivity index (χ1v) is 4.90. The molecule has 82 valence electrons. The fraction of sp³-hybridized carbons (Fsp3) is 0. The zero-order valence-electron chi connectivity index (χ0n) is 7.74. The van der Waals surface area contributed by atoms with Gasteiger partial charge in [0.05, 0.1) is 10.6 Å². The van der Waals surface area contributed by atoms with Crippen LogP contribution in [0.3, 0.4) is 0 Å². The molecule has 0 aliphatic rings. The first-order valence-electron chi connectivity index (χ1n) is 4.14. The van der Waals surface area contributed by atoms with Crippen molar-refractivity contribution in [2.24, 2.45) is 0 Å². The lowest BCUT2D eigenvalue weighted by molar-refractivity contribution is 0.102. The minimum absolute atomic E-state index is 0.187. The second-order valence-corrected chi connectivity index (χ2v) is 3.57. The Morgan fingerprint density at radius 1 is 1.38 bits per heavy atom. The van der Waals surface area contributed by atoms with E-state index in [1.165, 1.54) is 18.6 Å². The molecule has 2 heterocycles. The summed E-state index contributed by atoms with van der Waals surface area (Å²) < 4.78 is 0. The highest BCUT2D eigenvalue weighted by molar-refractivity contribution is 6.35. The van der Waals surface area contributed by atoms with Gasteiger partial charge in [0.1, 0.15) is 11.5 Å². The van der Waals surface area contributed by atoms with Crippen LogP contribution in [-0.4, -0.2) is 26.1 Å². The summed E-state index contributed by atoms with van der Waals surface area (Å²) in [5.74, 6) is -0.208. The van der Waals surface area contributed by atoms with E-state index < -0.39 is 5.91 Å². The van der Waals surface area contributed by atoms with Crippen molar-refractivity contribution >= 4 is 35.1 Å². The largest absolute Gasteiger partial charge is 0.291 e. The van der Waals surface area contributed by atoms with Gasteiger partial charge in [-0.2, -0.15) is 10.1 Å². The Balaban J connectivity index is 2.24. The van der Waals surface area contributed by atoms with Gasteiger partial charge in [-0.25, -0.2) is 10.1 Å². The zero-order chi connectivity index (χ0) is 11.5. The molecule has 0 bridgehead atoms. The predicted octanol–water partition coefficient (Wildman–Crippen LogP) is 1.76.